The largest absolute Gasteiger partial charge is 0.377 e. The van der Waals surface area contributed by atoms with Gasteiger partial charge in [0.25, 0.3) is 11.5 Å². The van der Waals surface area contributed by atoms with Gasteiger partial charge in [-0.05, 0) is 56.0 Å². The first-order valence-electron chi connectivity index (χ1n) is 12.8. The fourth-order valence-electron chi connectivity index (χ4n) is 5.25. The topological polar surface area (TPSA) is 121 Å². The summed E-state index contributed by atoms with van der Waals surface area (Å²) in [6, 6.07) is 7.01. The summed E-state index contributed by atoms with van der Waals surface area (Å²) in [7, 11) is 1.78. The van der Waals surface area contributed by atoms with Crippen molar-refractivity contribution in [2.45, 2.75) is 38.6 Å². The van der Waals surface area contributed by atoms with Crippen LogP contribution in [0.4, 0.5) is 11.6 Å². The molecule has 0 spiro atoms. The number of halogens is 1. The number of rotatable bonds is 7. The molecule has 2 unspecified atom stereocenters. The van der Waals surface area contributed by atoms with Gasteiger partial charge in [0.05, 0.1) is 28.8 Å². The molecule has 4 heterocycles. The lowest BCUT2D eigenvalue weighted by molar-refractivity contribution is 0.0980. The van der Waals surface area contributed by atoms with E-state index in [1.807, 2.05) is 38.4 Å². The molecule has 3 N–H and O–H groups in total. The molecule has 1 saturated heterocycles. The summed E-state index contributed by atoms with van der Waals surface area (Å²) in [6.07, 6.45) is 7.63. The Morgan fingerprint density at radius 2 is 2.10 bits per heavy atom. The van der Waals surface area contributed by atoms with E-state index >= 15 is 0 Å². The molecule has 5 rings (SSSR count). The van der Waals surface area contributed by atoms with Crippen LogP contribution in [-0.2, 0) is 7.05 Å². The summed E-state index contributed by atoms with van der Waals surface area (Å²) >= 11 is 7.29. The van der Waals surface area contributed by atoms with Crippen molar-refractivity contribution in [3.8, 4) is 0 Å². The van der Waals surface area contributed by atoms with Crippen LogP contribution in [0, 0.1) is 6.92 Å². The maximum Gasteiger partial charge on any atom is 0.281 e. The second-order valence-corrected chi connectivity index (χ2v) is 10.9. The molecular weight excluding hydrogens is 536 g/mol. The molecule has 4 aromatic rings. The van der Waals surface area contributed by atoms with E-state index in [2.05, 4.69) is 30.1 Å². The third-order valence-electron chi connectivity index (χ3n) is 7.14. The molecule has 10 nitrogen and oxygen atoms in total. The Morgan fingerprint density at radius 1 is 1.28 bits per heavy atom. The van der Waals surface area contributed by atoms with Crippen molar-refractivity contribution >= 4 is 52.0 Å². The van der Waals surface area contributed by atoms with Gasteiger partial charge in [-0.3, -0.25) is 24.0 Å². The van der Waals surface area contributed by atoms with Crippen LogP contribution in [0.2, 0.25) is 5.15 Å². The number of aryl methyl sites for hydroxylation is 1. The number of aromatic amines is 1. The van der Waals surface area contributed by atoms with Crippen molar-refractivity contribution in [3.05, 3.63) is 74.6 Å². The SMILES string of the molecule is CSNC(=O)c1nc(Cl)ccc1NC(C)c1cc(C)cc2c(=O)n(C)c(N3CCCC(c4cn[nH]c4)C3)nc12. The van der Waals surface area contributed by atoms with Crippen LogP contribution < -0.4 is 20.5 Å². The molecule has 12 heteroatoms. The van der Waals surface area contributed by atoms with Gasteiger partial charge in [-0.15, -0.1) is 0 Å². The first-order valence-corrected chi connectivity index (χ1v) is 14.4. The highest BCUT2D eigenvalue weighted by atomic mass is 35.5. The van der Waals surface area contributed by atoms with Crippen molar-refractivity contribution in [2.24, 2.45) is 7.05 Å². The number of anilines is 2. The number of fused-ring (bicyclic) bond motifs is 1. The quantitative estimate of drug-likeness (QED) is 0.220. The summed E-state index contributed by atoms with van der Waals surface area (Å²) in [5.74, 6) is 0.609. The number of nitrogens with zero attached hydrogens (tertiary/aromatic N) is 5. The molecule has 2 atom stereocenters. The molecule has 1 aliphatic rings. The third-order valence-corrected chi connectivity index (χ3v) is 7.74. The zero-order valence-corrected chi connectivity index (χ0v) is 23.9. The standard InChI is InChI=1S/C27H31ClN8O2S/c1-15-10-19(16(2)31-21-7-8-22(28)32-24(21)25(37)34-39-4)23-20(11-15)26(38)35(3)27(33-23)36-9-5-6-17(14-36)18-12-29-30-13-18/h7-8,10-13,16-17,31H,5-6,9,14H2,1-4H3,(H,29,30)(H,34,37). The molecule has 0 bridgehead atoms. The number of carbonyl (C=O) groups excluding carboxylic acids is 1. The lowest BCUT2D eigenvalue weighted by Gasteiger charge is -2.34. The van der Waals surface area contributed by atoms with E-state index in [-0.39, 0.29) is 28.4 Å². The molecule has 0 aliphatic carbocycles. The highest BCUT2D eigenvalue weighted by Gasteiger charge is 2.26. The fraction of sp³-hybridized carbons (Fsp3) is 0.370. The Kier molecular flexibility index (Phi) is 7.81. The second kappa shape index (κ2) is 11.3. The number of carbonyl (C=O) groups is 1. The van der Waals surface area contributed by atoms with E-state index in [1.54, 1.807) is 30.0 Å². The van der Waals surface area contributed by atoms with Gasteiger partial charge >= 0.3 is 0 Å². The van der Waals surface area contributed by atoms with Gasteiger partial charge in [0.15, 0.2) is 5.69 Å². The van der Waals surface area contributed by atoms with Gasteiger partial charge in [-0.2, -0.15) is 5.10 Å². The first kappa shape index (κ1) is 27.0. The maximum absolute atomic E-state index is 13.6. The number of pyridine rings is 1. The van der Waals surface area contributed by atoms with E-state index in [0.717, 1.165) is 42.6 Å². The highest BCUT2D eigenvalue weighted by molar-refractivity contribution is 7.97. The van der Waals surface area contributed by atoms with Crippen LogP contribution in [0.3, 0.4) is 0 Å². The van der Waals surface area contributed by atoms with E-state index in [4.69, 9.17) is 16.6 Å². The summed E-state index contributed by atoms with van der Waals surface area (Å²) in [6.45, 7) is 5.52. The van der Waals surface area contributed by atoms with Crippen LogP contribution >= 0.6 is 23.5 Å². The van der Waals surface area contributed by atoms with Crippen molar-refractivity contribution < 1.29 is 4.79 Å². The van der Waals surface area contributed by atoms with E-state index < -0.39 is 0 Å². The van der Waals surface area contributed by atoms with Crippen LogP contribution in [0.15, 0.2) is 41.5 Å². The number of amides is 1. The Morgan fingerprint density at radius 3 is 2.85 bits per heavy atom. The van der Waals surface area contributed by atoms with Gasteiger partial charge in [-0.1, -0.05) is 29.6 Å². The monoisotopic (exact) mass is 566 g/mol. The second-order valence-electron chi connectivity index (χ2n) is 9.87. The smallest absolute Gasteiger partial charge is 0.281 e. The lowest BCUT2D eigenvalue weighted by atomic mass is 9.93. The summed E-state index contributed by atoms with van der Waals surface area (Å²) in [5.41, 5.74) is 4.26. The summed E-state index contributed by atoms with van der Waals surface area (Å²) in [4.78, 5) is 37.8. The van der Waals surface area contributed by atoms with Crippen molar-refractivity contribution in [2.75, 3.05) is 29.6 Å². The molecular formula is C27H31ClN8O2S. The molecule has 1 aromatic carbocycles. The normalized spacial score (nSPS) is 16.3. The van der Waals surface area contributed by atoms with Crippen LogP contribution in [0.25, 0.3) is 10.9 Å². The summed E-state index contributed by atoms with van der Waals surface area (Å²) in [5, 5.41) is 11.2. The Bertz CT molecular complexity index is 1570. The molecule has 1 fully saturated rings. The Hall–Kier alpha value is -3.57. The molecule has 204 valence electrons. The third kappa shape index (κ3) is 5.46. The fourth-order valence-corrected chi connectivity index (χ4v) is 5.68. The number of aromatic nitrogens is 5. The van der Waals surface area contributed by atoms with Crippen LogP contribution in [0.5, 0.6) is 0 Å². The predicted octanol–water partition coefficient (Wildman–Crippen LogP) is 4.58. The first-order chi connectivity index (χ1) is 18.8. The lowest BCUT2D eigenvalue weighted by Crippen LogP contribution is -2.38. The number of nitrogens with one attached hydrogen (secondary N) is 3. The molecule has 1 amide bonds. The zero-order chi connectivity index (χ0) is 27.7. The van der Waals surface area contributed by atoms with E-state index in [9.17, 15) is 9.59 Å². The van der Waals surface area contributed by atoms with Gasteiger partial charge in [0.2, 0.25) is 5.95 Å². The number of benzene rings is 1. The average Bonchev–Trinajstić information content (AvgIpc) is 3.47. The van der Waals surface area contributed by atoms with E-state index in [1.165, 1.54) is 11.9 Å². The molecule has 0 saturated carbocycles. The van der Waals surface area contributed by atoms with Crippen LogP contribution in [0.1, 0.15) is 58.9 Å². The van der Waals surface area contributed by atoms with Crippen molar-refractivity contribution in [3.63, 3.8) is 0 Å². The highest BCUT2D eigenvalue weighted by Crippen LogP contribution is 2.32. The van der Waals surface area contributed by atoms with Crippen molar-refractivity contribution in [1.82, 2.24) is 29.5 Å². The Labute approximate surface area is 235 Å². The number of hydrogen-bond donors (Lipinski definition) is 3. The van der Waals surface area contributed by atoms with Gasteiger partial charge < -0.3 is 10.2 Å². The molecule has 0 radical (unpaired) electrons. The van der Waals surface area contributed by atoms with E-state index in [0.29, 0.717) is 28.5 Å². The van der Waals surface area contributed by atoms with Crippen molar-refractivity contribution in [1.29, 1.82) is 0 Å². The van der Waals surface area contributed by atoms with Gasteiger partial charge in [0, 0.05) is 44.1 Å². The zero-order valence-electron chi connectivity index (χ0n) is 22.3. The minimum Gasteiger partial charge on any atom is -0.377 e. The average molecular weight is 567 g/mol. The number of piperidine rings is 1. The number of hydrogen-bond acceptors (Lipinski definition) is 8. The minimum absolute atomic E-state index is 0.0919. The predicted molar refractivity (Wildman–Crippen MR) is 157 cm³/mol. The van der Waals surface area contributed by atoms with Gasteiger partial charge in [0.1, 0.15) is 5.15 Å². The Balaban J connectivity index is 1.55. The van der Waals surface area contributed by atoms with Gasteiger partial charge in [-0.25, -0.2) is 9.97 Å². The molecule has 1 aliphatic heterocycles. The molecule has 39 heavy (non-hydrogen) atoms. The molecule has 3 aromatic heterocycles. The summed E-state index contributed by atoms with van der Waals surface area (Å²) < 4.78 is 4.35. The maximum atomic E-state index is 13.6. The number of H-pyrrole nitrogens is 1. The van der Waals surface area contributed by atoms with Crippen LogP contribution in [-0.4, -0.2) is 50.0 Å². The minimum atomic E-state index is -0.347.